The van der Waals surface area contributed by atoms with E-state index < -0.39 is 0 Å². The van der Waals surface area contributed by atoms with E-state index in [1.807, 2.05) is 25.2 Å². The van der Waals surface area contributed by atoms with E-state index >= 15 is 0 Å². The highest BCUT2D eigenvalue weighted by Crippen LogP contribution is 2.14. The molecule has 0 saturated heterocycles. The van der Waals surface area contributed by atoms with Crippen molar-refractivity contribution < 1.29 is 4.42 Å². The molecule has 0 radical (unpaired) electrons. The molecule has 0 saturated carbocycles. The van der Waals surface area contributed by atoms with Crippen LogP contribution in [0.3, 0.4) is 0 Å². The largest absolute Gasteiger partial charge is 0.463 e. The Labute approximate surface area is 64.0 Å². The lowest BCUT2D eigenvalue weighted by Crippen LogP contribution is -1.90. The minimum Gasteiger partial charge on any atom is -0.463 e. The van der Waals surface area contributed by atoms with E-state index in [4.69, 9.17) is 4.42 Å². The van der Waals surface area contributed by atoms with Crippen molar-refractivity contribution in [2.45, 2.75) is 0 Å². The molecule has 0 spiro atoms. The molecule has 2 aromatic heterocycles. The zero-order chi connectivity index (χ0) is 7.68. The maximum absolute atomic E-state index is 5.13. The summed E-state index contributed by atoms with van der Waals surface area (Å²) >= 11 is 0. The number of anilines is 1. The molecule has 11 heavy (non-hydrogen) atoms. The van der Waals surface area contributed by atoms with Crippen molar-refractivity contribution in [3.63, 3.8) is 0 Å². The second kappa shape index (κ2) is 2.27. The summed E-state index contributed by atoms with van der Waals surface area (Å²) in [6, 6.07) is 5.62. The minimum absolute atomic E-state index is 0.823. The molecule has 2 rings (SSSR count). The summed E-state index contributed by atoms with van der Waals surface area (Å²) < 4.78 is 5.13. The lowest BCUT2D eigenvalue weighted by Gasteiger charge is -1.95. The van der Waals surface area contributed by atoms with Gasteiger partial charge >= 0.3 is 0 Å². The SMILES string of the molecule is CNc1ccc2occc2n1. The molecular formula is C8H8N2O. The van der Waals surface area contributed by atoms with Gasteiger partial charge in [0.05, 0.1) is 6.26 Å². The molecule has 2 aromatic rings. The van der Waals surface area contributed by atoms with Gasteiger partial charge in [0.25, 0.3) is 0 Å². The molecule has 1 N–H and O–H groups in total. The minimum atomic E-state index is 0.823. The standard InChI is InChI=1S/C8H8N2O/c1-9-8-3-2-7-6(10-8)4-5-11-7/h2-5H,1H3,(H,9,10). The summed E-state index contributed by atoms with van der Waals surface area (Å²) in [5.74, 6) is 0.860. The van der Waals surface area contributed by atoms with Crippen molar-refractivity contribution in [3.8, 4) is 0 Å². The number of aromatic nitrogens is 1. The van der Waals surface area contributed by atoms with E-state index in [1.54, 1.807) is 6.26 Å². The Morgan fingerprint density at radius 1 is 1.36 bits per heavy atom. The third kappa shape index (κ3) is 0.941. The fourth-order valence-electron chi connectivity index (χ4n) is 0.992. The maximum atomic E-state index is 5.13. The van der Waals surface area contributed by atoms with Crippen LogP contribution in [0.1, 0.15) is 0 Å². The van der Waals surface area contributed by atoms with Gasteiger partial charge in [0, 0.05) is 13.1 Å². The van der Waals surface area contributed by atoms with Gasteiger partial charge in [-0.2, -0.15) is 0 Å². The van der Waals surface area contributed by atoms with E-state index in [0.717, 1.165) is 16.9 Å². The van der Waals surface area contributed by atoms with Crippen LogP contribution in [0.4, 0.5) is 5.82 Å². The number of nitrogens with one attached hydrogen (secondary N) is 1. The molecule has 3 nitrogen and oxygen atoms in total. The number of hydrogen-bond acceptors (Lipinski definition) is 3. The number of pyridine rings is 1. The summed E-state index contributed by atoms with van der Waals surface area (Å²) in [5, 5.41) is 2.96. The highest BCUT2D eigenvalue weighted by molar-refractivity contribution is 5.74. The van der Waals surface area contributed by atoms with Crippen molar-refractivity contribution in [2.24, 2.45) is 0 Å². The summed E-state index contributed by atoms with van der Waals surface area (Å²) in [7, 11) is 1.84. The van der Waals surface area contributed by atoms with Gasteiger partial charge in [-0.1, -0.05) is 0 Å². The smallest absolute Gasteiger partial charge is 0.152 e. The van der Waals surface area contributed by atoms with Gasteiger partial charge in [-0.15, -0.1) is 0 Å². The van der Waals surface area contributed by atoms with Crippen LogP contribution >= 0.6 is 0 Å². The molecule has 0 atom stereocenters. The van der Waals surface area contributed by atoms with Gasteiger partial charge in [-0.25, -0.2) is 4.98 Å². The molecule has 0 unspecified atom stereocenters. The quantitative estimate of drug-likeness (QED) is 0.670. The topological polar surface area (TPSA) is 38.1 Å². The summed E-state index contributed by atoms with van der Waals surface area (Å²) in [6.07, 6.45) is 1.64. The Morgan fingerprint density at radius 2 is 2.27 bits per heavy atom. The predicted octanol–water partition coefficient (Wildman–Crippen LogP) is 1.87. The molecule has 0 amide bonds. The Morgan fingerprint density at radius 3 is 3.09 bits per heavy atom. The highest BCUT2D eigenvalue weighted by atomic mass is 16.3. The average molecular weight is 148 g/mol. The zero-order valence-electron chi connectivity index (χ0n) is 6.16. The Balaban J connectivity index is 2.67. The van der Waals surface area contributed by atoms with Crippen LogP contribution in [-0.2, 0) is 0 Å². The first-order chi connectivity index (χ1) is 5.40. The second-order valence-electron chi connectivity index (χ2n) is 2.25. The molecule has 0 aromatic carbocycles. The van der Waals surface area contributed by atoms with Crippen molar-refractivity contribution in [1.82, 2.24) is 4.98 Å². The van der Waals surface area contributed by atoms with E-state index in [0.29, 0.717) is 0 Å². The van der Waals surface area contributed by atoms with Crippen molar-refractivity contribution >= 4 is 16.9 Å². The van der Waals surface area contributed by atoms with Crippen LogP contribution in [0.25, 0.3) is 11.1 Å². The van der Waals surface area contributed by atoms with Crippen LogP contribution in [0, 0.1) is 0 Å². The fourth-order valence-corrected chi connectivity index (χ4v) is 0.992. The van der Waals surface area contributed by atoms with E-state index in [2.05, 4.69) is 10.3 Å². The molecule has 0 aliphatic heterocycles. The van der Waals surface area contributed by atoms with E-state index in [-0.39, 0.29) is 0 Å². The Kier molecular flexibility index (Phi) is 1.28. The summed E-state index contributed by atoms with van der Waals surface area (Å²) in [5.41, 5.74) is 1.71. The van der Waals surface area contributed by atoms with Crippen LogP contribution in [-0.4, -0.2) is 12.0 Å². The number of nitrogens with zero attached hydrogens (tertiary/aromatic N) is 1. The van der Waals surface area contributed by atoms with Crippen LogP contribution in [0.2, 0.25) is 0 Å². The Hall–Kier alpha value is -1.51. The molecule has 0 aliphatic rings. The number of furan rings is 1. The lowest BCUT2D eigenvalue weighted by atomic mass is 10.4. The molecule has 3 heteroatoms. The molecule has 0 fully saturated rings. The predicted molar refractivity (Wildman–Crippen MR) is 43.6 cm³/mol. The van der Waals surface area contributed by atoms with Crippen LogP contribution in [0.5, 0.6) is 0 Å². The molecule has 0 bridgehead atoms. The first-order valence-corrected chi connectivity index (χ1v) is 3.42. The van der Waals surface area contributed by atoms with Crippen molar-refractivity contribution in [3.05, 3.63) is 24.5 Å². The Bertz CT molecular complexity index is 367. The third-order valence-corrected chi connectivity index (χ3v) is 1.56. The fraction of sp³-hybridized carbons (Fsp3) is 0.125. The normalized spacial score (nSPS) is 10.3. The maximum Gasteiger partial charge on any atom is 0.152 e. The highest BCUT2D eigenvalue weighted by Gasteiger charge is 1.97. The number of hydrogen-bond donors (Lipinski definition) is 1. The van der Waals surface area contributed by atoms with Crippen molar-refractivity contribution in [2.75, 3.05) is 12.4 Å². The monoisotopic (exact) mass is 148 g/mol. The van der Waals surface area contributed by atoms with Gasteiger partial charge in [0.2, 0.25) is 0 Å². The lowest BCUT2D eigenvalue weighted by molar-refractivity contribution is 0.615. The van der Waals surface area contributed by atoms with Gasteiger partial charge in [0.1, 0.15) is 11.3 Å². The summed E-state index contributed by atoms with van der Waals surface area (Å²) in [6.45, 7) is 0. The first-order valence-electron chi connectivity index (χ1n) is 3.42. The number of fused-ring (bicyclic) bond motifs is 1. The van der Waals surface area contributed by atoms with Gasteiger partial charge in [-0.05, 0) is 12.1 Å². The molecule has 0 aliphatic carbocycles. The summed E-state index contributed by atoms with van der Waals surface area (Å²) in [4.78, 5) is 4.25. The zero-order valence-corrected chi connectivity index (χ0v) is 6.16. The van der Waals surface area contributed by atoms with Gasteiger partial charge in [-0.3, -0.25) is 0 Å². The van der Waals surface area contributed by atoms with Gasteiger partial charge < -0.3 is 9.73 Å². The molecule has 2 heterocycles. The van der Waals surface area contributed by atoms with E-state index in [9.17, 15) is 0 Å². The average Bonchev–Trinajstić information content (AvgIpc) is 2.50. The first kappa shape index (κ1) is 6.22. The van der Waals surface area contributed by atoms with Gasteiger partial charge in [0.15, 0.2) is 5.58 Å². The molecular weight excluding hydrogens is 140 g/mol. The van der Waals surface area contributed by atoms with Crippen molar-refractivity contribution in [1.29, 1.82) is 0 Å². The van der Waals surface area contributed by atoms with Crippen LogP contribution in [0.15, 0.2) is 28.9 Å². The number of rotatable bonds is 1. The molecule has 56 valence electrons. The second-order valence-corrected chi connectivity index (χ2v) is 2.25. The van der Waals surface area contributed by atoms with Crippen LogP contribution < -0.4 is 5.32 Å². The van der Waals surface area contributed by atoms with E-state index in [1.165, 1.54) is 0 Å². The third-order valence-electron chi connectivity index (χ3n) is 1.56.